The average Bonchev–Trinajstić information content (AvgIpc) is 3.24. The summed E-state index contributed by atoms with van der Waals surface area (Å²) < 4.78 is 38.4. The smallest absolute Gasteiger partial charge is 0.385 e. The third-order valence-electron chi connectivity index (χ3n) is 6.23. The van der Waals surface area contributed by atoms with Crippen LogP contribution in [-0.4, -0.2) is 53.6 Å². The number of halogens is 3. The fourth-order valence-electron chi connectivity index (χ4n) is 4.15. The number of anilines is 1. The molecule has 0 bridgehead atoms. The van der Waals surface area contributed by atoms with E-state index in [9.17, 15) is 13.2 Å². The summed E-state index contributed by atoms with van der Waals surface area (Å²) in [5.41, 5.74) is 4.61. The van der Waals surface area contributed by atoms with Crippen molar-refractivity contribution in [2.45, 2.75) is 38.5 Å². The summed E-state index contributed by atoms with van der Waals surface area (Å²) in [5, 5.41) is 2.62. The molecule has 35 heavy (non-hydrogen) atoms. The van der Waals surface area contributed by atoms with Gasteiger partial charge in [0.25, 0.3) is 0 Å². The van der Waals surface area contributed by atoms with Crippen LogP contribution in [0.2, 0.25) is 0 Å². The molecule has 188 valence electrons. The van der Waals surface area contributed by atoms with Crippen LogP contribution in [0.15, 0.2) is 54.6 Å². The van der Waals surface area contributed by atoms with Crippen molar-refractivity contribution in [3.8, 4) is 11.4 Å². The Morgan fingerprint density at radius 2 is 1.71 bits per heavy atom. The molecule has 2 heterocycles. The zero-order chi connectivity index (χ0) is 25.4. The minimum Gasteiger partial charge on any atom is -0.385 e. The summed E-state index contributed by atoms with van der Waals surface area (Å²) >= 11 is 4.32. The standard InChI is InChI=1S/C24H27F3N4.C2H5NS/c1-17-22(29-23(28-17)18-8-10-19(11-9-18)24(25,26)27)16-31-14-12-21(13-15-31)30(2)20-6-4-3-5-7-20;1-3-2-4/h3-11,21H,12-16H2,1-2H3,(H,28,29);2H,1H3,(H,3,4). The maximum absolute atomic E-state index is 12.8. The molecule has 5 nitrogen and oxygen atoms in total. The van der Waals surface area contributed by atoms with Crippen LogP contribution >= 0.6 is 12.2 Å². The summed E-state index contributed by atoms with van der Waals surface area (Å²) in [6, 6.07) is 16.1. The number of aromatic nitrogens is 2. The molecule has 1 aliphatic heterocycles. The number of hydrogen-bond acceptors (Lipinski definition) is 4. The van der Waals surface area contributed by atoms with Crippen molar-refractivity contribution in [3.63, 3.8) is 0 Å². The average molecular weight is 504 g/mol. The van der Waals surface area contributed by atoms with Crippen molar-refractivity contribution < 1.29 is 13.2 Å². The first kappa shape index (κ1) is 26.7. The van der Waals surface area contributed by atoms with Gasteiger partial charge in [-0.1, -0.05) is 42.5 Å². The van der Waals surface area contributed by atoms with Crippen LogP contribution in [0.1, 0.15) is 29.8 Å². The van der Waals surface area contributed by atoms with Crippen molar-refractivity contribution in [3.05, 3.63) is 71.5 Å². The molecule has 0 spiro atoms. The Labute approximate surface area is 210 Å². The van der Waals surface area contributed by atoms with Crippen LogP contribution in [0.25, 0.3) is 11.4 Å². The summed E-state index contributed by atoms with van der Waals surface area (Å²) in [6.45, 7) is 4.68. The van der Waals surface area contributed by atoms with Gasteiger partial charge in [0.15, 0.2) is 0 Å². The number of para-hydroxylation sites is 1. The minimum absolute atomic E-state index is 0.515. The van der Waals surface area contributed by atoms with Crippen molar-refractivity contribution >= 4 is 23.4 Å². The largest absolute Gasteiger partial charge is 0.416 e. The highest BCUT2D eigenvalue weighted by molar-refractivity contribution is 7.78. The van der Waals surface area contributed by atoms with Crippen LogP contribution in [0.4, 0.5) is 18.9 Å². The lowest BCUT2D eigenvalue weighted by Gasteiger charge is -2.37. The van der Waals surface area contributed by atoms with Gasteiger partial charge in [0, 0.05) is 56.7 Å². The van der Waals surface area contributed by atoms with E-state index in [0.717, 1.165) is 56.0 Å². The van der Waals surface area contributed by atoms with Gasteiger partial charge in [-0.2, -0.15) is 13.2 Å². The molecule has 1 saturated heterocycles. The van der Waals surface area contributed by atoms with Crippen LogP contribution < -0.4 is 10.2 Å². The minimum atomic E-state index is -4.33. The van der Waals surface area contributed by atoms with Gasteiger partial charge in [0.05, 0.1) is 16.7 Å². The van der Waals surface area contributed by atoms with Gasteiger partial charge in [-0.25, -0.2) is 4.98 Å². The lowest BCUT2D eigenvalue weighted by molar-refractivity contribution is -0.137. The quantitative estimate of drug-likeness (QED) is 0.425. The van der Waals surface area contributed by atoms with Crippen LogP contribution in [0, 0.1) is 6.92 Å². The van der Waals surface area contributed by atoms with E-state index in [-0.39, 0.29) is 0 Å². The molecule has 0 atom stereocenters. The molecule has 2 N–H and O–H groups in total. The fourth-order valence-corrected chi connectivity index (χ4v) is 4.15. The Morgan fingerprint density at radius 3 is 2.26 bits per heavy atom. The summed E-state index contributed by atoms with van der Waals surface area (Å²) in [4.78, 5) is 12.7. The number of piperidine rings is 1. The zero-order valence-electron chi connectivity index (χ0n) is 20.3. The number of H-pyrrole nitrogens is 1. The molecule has 0 radical (unpaired) electrons. The van der Waals surface area contributed by atoms with Gasteiger partial charge in [0.2, 0.25) is 0 Å². The number of imidazole rings is 1. The number of nitrogens with zero attached hydrogens (tertiary/aromatic N) is 3. The Bertz CT molecular complexity index is 1060. The van der Waals surface area contributed by atoms with E-state index < -0.39 is 11.7 Å². The molecule has 0 aliphatic carbocycles. The number of alkyl halides is 3. The first-order valence-corrected chi connectivity index (χ1v) is 12.0. The number of aryl methyl sites for hydroxylation is 1. The SMILES string of the molecule is CNC=S.Cc1[nH]c(-c2ccc(C(F)(F)F)cc2)nc1CN1CCC(N(C)c2ccccc2)CC1. The molecular formula is C26H32F3N5S. The van der Waals surface area contributed by atoms with E-state index in [4.69, 9.17) is 0 Å². The summed E-state index contributed by atoms with van der Waals surface area (Å²) in [6.07, 6.45) is -2.16. The molecule has 3 aromatic rings. The van der Waals surface area contributed by atoms with Gasteiger partial charge in [-0.3, -0.25) is 4.90 Å². The molecule has 1 aromatic heterocycles. The predicted octanol–water partition coefficient (Wildman–Crippen LogP) is 5.67. The second kappa shape index (κ2) is 12.2. The Kier molecular flexibility index (Phi) is 9.28. The van der Waals surface area contributed by atoms with Crippen molar-refractivity contribution in [2.24, 2.45) is 0 Å². The second-order valence-corrected chi connectivity index (χ2v) is 8.83. The van der Waals surface area contributed by atoms with E-state index in [1.165, 1.54) is 23.3 Å². The molecule has 2 aromatic carbocycles. The first-order chi connectivity index (χ1) is 16.7. The molecule has 0 amide bonds. The van der Waals surface area contributed by atoms with Gasteiger partial charge >= 0.3 is 6.18 Å². The van der Waals surface area contributed by atoms with E-state index in [1.807, 2.05) is 13.0 Å². The van der Waals surface area contributed by atoms with Gasteiger partial charge in [-0.15, -0.1) is 0 Å². The predicted molar refractivity (Wildman–Crippen MR) is 140 cm³/mol. The topological polar surface area (TPSA) is 47.2 Å². The van der Waals surface area contributed by atoms with E-state index in [0.29, 0.717) is 17.4 Å². The normalized spacial score (nSPS) is 14.7. The molecule has 4 rings (SSSR count). The van der Waals surface area contributed by atoms with Crippen LogP contribution in [0.5, 0.6) is 0 Å². The highest BCUT2D eigenvalue weighted by atomic mass is 32.1. The van der Waals surface area contributed by atoms with E-state index >= 15 is 0 Å². The van der Waals surface area contributed by atoms with Crippen LogP contribution in [-0.2, 0) is 12.7 Å². The first-order valence-electron chi connectivity index (χ1n) is 11.6. The number of likely N-dealkylation sites (tertiary alicyclic amines) is 1. The van der Waals surface area contributed by atoms with Gasteiger partial charge in [0.1, 0.15) is 5.82 Å². The van der Waals surface area contributed by atoms with Crippen molar-refractivity contribution in [2.75, 3.05) is 32.1 Å². The molecule has 1 aliphatic rings. The second-order valence-electron chi connectivity index (χ2n) is 8.59. The van der Waals surface area contributed by atoms with Gasteiger partial charge in [-0.05, 0) is 44.0 Å². The molecule has 0 saturated carbocycles. The third-order valence-corrected chi connectivity index (χ3v) is 6.47. The number of nitrogens with one attached hydrogen (secondary N) is 2. The monoisotopic (exact) mass is 503 g/mol. The zero-order valence-corrected chi connectivity index (χ0v) is 21.1. The number of thiocarbonyl (C=S) groups is 1. The Balaban J connectivity index is 0.000000795. The highest BCUT2D eigenvalue weighted by Crippen LogP contribution is 2.31. The molecule has 9 heteroatoms. The number of aromatic amines is 1. The molecule has 0 unspecified atom stereocenters. The molecule has 1 fully saturated rings. The fraction of sp³-hybridized carbons (Fsp3) is 0.385. The Morgan fingerprint density at radius 1 is 1.11 bits per heavy atom. The van der Waals surface area contributed by atoms with Crippen LogP contribution in [0.3, 0.4) is 0 Å². The number of hydrogen-bond donors (Lipinski definition) is 2. The lowest BCUT2D eigenvalue weighted by atomic mass is 10.0. The van der Waals surface area contributed by atoms with Crippen molar-refractivity contribution in [1.82, 2.24) is 20.2 Å². The van der Waals surface area contributed by atoms with Gasteiger partial charge < -0.3 is 15.2 Å². The summed E-state index contributed by atoms with van der Waals surface area (Å²) in [5.74, 6) is 0.611. The lowest BCUT2D eigenvalue weighted by Crippen LogP contribution is -2.43. The summed E-state index contributed by atoms with van der Waals surface area (Å²) in [7, 11) is 3.93. The maximum Gasteiger partial charge on any atom is 0.416 e. The number of benzene rings is 2. The Hall–Kier alpha value is -2.91. The molecular weight excluding hydrogens is 471 g/mol. The van der Waals surface area contributed by atoms with E-state index in [1.54, 1.807) is 7.05 Å². The van der Waals surface area contributed by atoms with E-state index in [2.05, 4.69) is 68.6 Å². The maximum atomic E-state index is 12.8. The number of rotatable bonds is 6. The third kappa shape index (κ3) is 7.29. The van der Waals surface area contributed by atoms with Crippen molar-refractivity contribution in [1.29, 1.82) is 0 Å². The highest BCUT2D eigenvalue weighted by Gasteiger charge is 2.30.